The highest BCUT2D eigenvalue weighted by Crippen LogP contribution is 2.02. The zero-order chi connectivity index (χ0) is 8.81. The largest absolute Gasteiger partial charge is 0.330 e. The Bertz CT molecular complexity index is 241. The maximum absolute atomic E-state index is 5.47. The van der Waals surface area contributed by atoms with E-state index in [0.717, 1.165) is 5.56 Å². The number of hydrogen-bond donors (Lipinski definition) is 1. The van der Waals surface area contributed by atoms with Gasteiger partial charge in [0.1, 0.15) is 0 Å². The minimum Gasteiger partial charge on any atom is -0.330 e. The lowest BCUT2D eigenvalue weighted by atomic mass is 10.1. The van der Waals surface area contributed by atoms with Crippen LogP contribution < -0.4 is 5.73 Å². The molecule has 0 radical (unpaired) electrons. The summed E-state index contributed by atoms with van der Waals surface area (Å²) in [6, 6.07) is 3.94. The lowest BCUT2D eigenvalue weighted by Crippen LogP contribution is -2.07. The van der Waals surface area contributed by atoms with Crippen molar-refractivity contribution < 1.29 is 0 Å². The van der Waals surface area contributed by atoms with Crippen LogP contribution >= 0.6 is 0 Å². The smallest absolute Gasteiger partial charge is 0.0340 e. The lowest BCUT2D eigenvalue weighted by Gasteiger charge is -1.98. The van der Waals surface area contributed by atoms with Crippen molar-refractivity contribution >= 4 is 6.08 Å². The van der Waals surface area contributed by atoms with E-state index in [0.29, 0.717) is 12.5 Å². The molecule has 1 unspecified atom stereocenters. The summed E-state index contributed by atoms with van der Waals surface area (Å²) in [5, 5.41) is 0. The zero-order valence-corrected chi connectivity index (χ0v) is 7.27. The van der Waals surface area contributed by atoms with Crippen molar-refractivity contribution in [3.8, 4) is 0 Å². The van der Waals surface area contributed by atoms with Crippen LogP contribution in [-0.4, -0.2) is 11.5 Å². The van der Waals surface area contributed by atoms with Gasteiger partial charge in [-0.2, -0.15) is 0 Å². The first-order chi connectivity index (χ1) is 5.83. The standard InChI is InChI=1S/C10H14N2/c1-9(7-11)4-5-10-3-2-6-12-8-10/h2-6,8-9H,7,11H2,1H3/b5-4-. The van der Waals surface area contributed by atoms with Gasteiger partial charge in [-0.05, 0) is 24.1 Å². The van der Waals surface area contributed by atoms with Crippen molar-refractivity contribution in [3.63, 3.8) is 0 Å². The Morgan fingerprint density at radius 2 is 2.50 bits per heavy atom. The molecular weight excluding hydrogens is 148 g/mol. The molecule has 2 nitrogen and oxygen atoms in total. The van der Waals surface area contributed by atoms with Gasteiger partial charge in [-0.1, -0.05) is 25.1 Å². The molecule has 0 saturated carbocycles. The Hall–Kier alpha value is -1.15. The lowest BCUT2D eigenvalue weighted by molar-refractivity contribution is 0.743. The van der Waals surface area contributed by atoms with Crippen LogP contribution in [0.5, 0.6) is 0 Å². The van der Waals surface area contributed by atoms with E-state index in [2.05, 4.69) is 18.0 Å². The van der Waals surface area contributed by atoms with Crippen LogP contribution in [-0.2, 0) is 0 Å². The quantitative estimate of drug-likeness (QED) is 0.734. The Labute approximate surface area is 73.1 Å². The number of hydrogen-bond acceptors (Lipinski definition) is 2. The highest BCUT2D eigenvalue weighted by atomic mass is 14.6. The summed E-state index contributed by atoms with van der Waals surface area (Å²) >= 11 is 0. The molecule has 0 aliphatic rings. The fraction of sp³-hybridized carbons (Fsp3) is 0.300. The van der Waals surface area contributed by atoms with Crippen molar-refractivity contribution in [2.45, 2.75) is 6.92 Å². The maximum Gasteiger partial charge on any atom is 0.0340 e. The molecule has 1 rings (SSSR count). The second kappa shape index (κ2) is 4.67. The SMILES string of the molecule is CC(/C=C\c1cccnc1)CN. The second-order valence-electron chi connectivity index (χ2n) is 2.86. The molecule has 0 aromatic carbocycles. The van der Waals surface area contributed by atoms with Crippen molar-refractivity contribution in [2.75, 3.05) is 6.54 Å². The van der Waals surface area contributed by atoms with E-state index >= 15 is 0 Å². The van der Waals surface area contributed by atoms with Gasteiger partial charge in [0.25, 0.3) is 0 Å². The molecule has 12 heavy (non-hydrogen) atoms. The third kappa shape index (κ3) is 2.84. The number of nitrogens with zero attached hydrogens (tertiary/aromatic N) is 1. The van der Waals surface area contributed by atoms with Crippen LogP contribution in [0.15, 0.2) is 30.6 Å². The first kappa shape index (κ1) is 8.94. The summed E-state index contributed by atoms with van der Waals surface area (Å²) in [6.45, 7) is 2.78. The normalized spacial score (nSPS) is 13.5. The third-order valence-electron chi connectivity index (χ3n) is 1.67. The van der Waals surface area contributed by atoms with Crippen molar-refractivity contribution in [2.24, 2.45) is 11.7 Å². The van der Waals surface area contributed by atoms with Gasteiger partial charge in [-0.25, -0.2) is 0 Å². The van der Waals surface area contributed by atoms with Gasteiger partial charge in [0.15, 0.2) is 0 Å². The molecule has 0 saturated heterocycles. The third-order valence-corrected chi connectivity index (χ3v) is 1.67. The average Bonchev–Trinajstić information content (AvgIpc) is 2.16. The molecule has 0 fully saturated rings. The molecule has 1 aromatic rings. The first-order valence-corrected chi connectivity index (χ1v) is 4.11. The predicted octanol–water partition coefficient (Wildman–Crippen LogP) is 1.69. The molecule has 0 spiro atoms. The molecule has 2 heteroatoms. The molecule has 0 amide bonds. The van der Waals surface area contributed by atoms with Gasteiger partial charge in [0, 0.05) is 12.4 Å². The fourth-order valence-corrected chi connectivity index (χ4v) is 0.829. The summed E-state index contributed by atoms with van der Waals surface area (Å²) in [7, 11) is 0. The van der Waals surface area contributed by atoms with Crippen molar-refractivity contribution in [3.05, 3.63) is 36.2 Å². The molecule has 64 valence electrons. The number of rotatable bonds is 3. The van der Waals surface area contributed by atoms with E-state index in [9.17, 15) is 0 Å². The number of nitrogens with two attached hydrogens (primary N) is 1. The molecule has 1 atom stereocenters. The summed E-state index contributed by atoms with van der Waals surface area (Å²) in [4.78, 5) is 4.01. The number of pyridine rings is 1. The fourth-order valence-electron chi connectivity index (χ4n) is 0.829. The Morgan fingerprint density at radius 3 is 3.08 bits per heavy atom. The monoisotopic (exact) mass is 162 g/mol. The Morgan fingerprint density at radius 1 is 1.67 bits per heavy atom. The van der Waals surface area contributed by atoms with Crippen LogP contribution in [0.4, 0.5) is 0 Å². The van der Waals surface area contributed by atoms with Gasteiger partial charge >= 0.3 is 0 Å². The topological polar surface area (TPSA) is 38.9 Å². The van der Waals surface area contributed by atoms with E-state index < -0.39 is 0 Å². The zero-order valence-electron chi connectivity index (χ0n) is 7.27. The molecule has 1 aromatic heterocycles. The average molecular weight is 162 g/mol. The molecule has 1 heterocycles. The van der Waals surface area contributed by atoms with Gasteiger partial charge in [0.2, 0.25) is 0 Å². The summed E-state index contributed by atoms with van der Waals surface area (Å²) < 4.78 is 0. The summed E-state index contributed by atoms with van der Waals surface area (Å²) in [6.07, 6.45) is 7.74. The summed E-state index contributed by atoms with van der Waals surface area (Å²) in [5.74, 6) is 0.435. The van der Waals surface area contributed by atoms with E-state index in [1.807, 2.05) is 24.4 Å². The molecule has 0 aliphatic heterocycles. The van der Waals surface area contributed by atoms with E-state index in [-0.39, 0.29) is 0 Å². The van der Waals surface area contributed by atoms with E-state index in [4.69, 9.17) is 5.73 Å². The maximum atomic E-state index is 5.47. The van der Waals surface area contributed by atoms with Crippen molar-refractivity contribution in [1.82, 2.24) is 4.98 Å². The molecule has 0 bridgehead atoms. The molecule has 0 aliphatic carbocycles. The van der Waals surface area contributed by atoms with Gasteiger partial charge < -0.3 is 5.73 Å². The molecular formula is C10H14N2. The Kier molecular flexibility index (Phi) is 3.48. The van der Waals surface area contributed by atoms with Crippen LogP contribution in [0, 0.1) is 5.92 Å². The van der Waals surface area contributed by atoms with Crippen LogP contribution in [0.2, 0.25) is 0 Å². The van der Waals surface area contributed by atoms with Gasteiger partial charge in [0.05, 0.1) is 0 Å². The van der Waals surface area contributed by atoms with Gasteiger partial charge in [-0.3, -0.25) is 4.98 Å². The van der Waals surface area contributed by atoms with Crippen LogP contribution in [0.1, 0.15) is 12.5 Å². The second-order valence-corrected chi connectivity index (χ2v) is 2.86. The van der Waals surface area contributed by atoms with Crippen LogP contribution in [0.25, 0.3) is 6.08 Å². The Balaban J connectivity index is 2.58. The van der Waals surface area contributed by atoms with E-state index in [1.54, 1.807) is 6.20 Å². The number of aromatic nitrogens is 1. The summed E-state index contributed by atoms with van der Waals surface area (Å²) in [5.41, 5.74) is 6.59. The molecule has 2 N–H and O–H groups in total. The minimum atomic E-state index is 0.435. The van der Waals surface area contributed by atoms with E-state index in [1.165, 1.54) is 0 Å². The predicted molar refractivity (Wildman–Crippen MR) is 51.5 cm³/mol. The van der Waals surface area contributed by atoms with Crippen molar-refractivity contribution in [1.29, 1.82) is 0 Å². The first-order valence-electron chi connectivity index (χ1n) is 4.11. The highest BCUT2D eigenvalue weighted by Gasteiger charge is 1.90. The minimum absolute atomic E-state index is 0.435. The van der Waals surface area contributed by atoms with Crippen LogP contribution in [0.3, 0.4) is 0 Å². The highest BCUT2D eigenvalue weighted by molar-refractivity contribution is 5.47. The van der Waals surface area contributed by atoms with Gasteiger partial charge in [-0.15, -0.1) is 0 Å².